The molecule has 2 heterocycles. The lowest BCUT2D eigenvalue weighted by Gasteiger charge is -2.30. The van der Waals surface area contributed by atoms with Crippen LogP contribution in [0.3, 0.4) is 0 Å². The third kappa shape index (κ3) is 4.33. The summed E-state index contributed by atoms with van der Waals surface area (Å²) in [5.74, 6) is -1.60. The first kappa shape index (κ1) is 15.0. The number of nitrogens with one attached hydrogen (secondary N) is 1. The quantitative estimate of drug-likeness (QED) is 0.686. The fourth-order valence-corrected chi connectivity index (χ4v) is 2.89. The summed E-state index contributed by atoms with van der Waals surface area (Å²) in [7, 11) is -1.15. The summed E-state index contributed by atoms with van der Waals surface area (Å²) in [6.07, 6.45) is 0.669. The average Bonchev–Trinajstić information content (AvgIpc) is 2.84. The molecule has 1 saturated heterocycles. The Morgan fingerprint density at radius 3 is 2.90 bits per heavy atom. The van der Waals surface area contributed by atoms with E-state index in [1.807, 2.05) is 17.5 Å². The molecule has 1 aliphatic heterocycles. The fourth-order valence-electron chi connectivity index (χ4n) is 2.19. The van der Waals surface area contributed by atoms with Gasteiger partial charge in [-0.3, -0.25) is 9.59 Å². The zero-order valence-electron chi connectivity index (χ0n) is 10.8. The van der Waals surface area contributed by atoms with Crippen LogP contribution in [0.1, 0.15) is 24.1 Å². The highest BCUT2D eigenvalue weighted by molar-refractivity contribution is 7.10. The van der Waals surface area contributed by atoms with E-state index in [0.717, 1.165) is 4.88 Å². The number of hydrogen-bond acceptors (Lipinski definition) is 5. The number of carbonyl (C=O) groups excluding carboxylic acids is 1. The number of rotatable bonds is 5. The SMILES string of the molecule is O=C(O)C[C@@H]1CCC(NC(=O)Cc2cccs2)B(O)O1. The molecule has 1 amide bonds. The summed E-state index contributed by atoms with van der Waals surface area (Å²) in [5.41, 5.74) is 0. The van der Waals surface area contributed by atoms with E-state index in [9.17, 15) is 14.6 Å². The van der Waals surface area contributed by atoms with Crippen molar-refractivity contribution in [1.29, 1.82) is 0 Å². The Balaban J connectivity index is 1.79. The molecule has 1 aliphatic rings. The van der Waals surface area contributed by atoms with Gasteiger partial charge in [-0.15, -0.1) is 11.3 Å². The first-order valence-corrected chi connectivity index (χ1v) is 7.29. The summed E-state index contributed by atoms with van der Waals surface area (Å²) >= 11 is 1.50. The van der Waals surface area contributed by atoms with Crippen LogP contribution in [0.25, 0.3) is 0 Å². The van der Waals surface area contributed by atoms with Crippen molar-refractivity contribution in [1.82, 2.24) is 5.32 Å². The van der Waals surface area contributed by atoms with Gasteiger partial charge < -0.3 is 20.1 Å². The molecule has 108 valence electrons. The van der Waals surface area contributed by atoms with E-state index in [2.05, 4.69) is 5.32 Å². The minimum atomic E-state index is -1.15. The largest absolute Gasteiger partial charge is 0.481 e. The number of aliphatic carboxylic acids is 1. The van der Waals surface area contributed by atoms with Gasteiger partial charge in [0.2, 0.25) is 5.91 Å². The third-order valence-electron chi connectivity index (χ3n) is 3.14. The highest BCUT2D eigenvalue weighted by Gasteiger charge is 2.36. The molecular formula is C12H16BNO5S. The Hall–Kier alpha value is -1.38. The Kier molecular flexibility index (Phi) is 5.16. The maximum absolute atomic E-state index is 11.8. The molecule has 0 bridgehead atoms. The molecule has 1 aromatic heterocycles. The zero-order valence-corrected chi connectivity index (χ0v) is 11.6. The molecule has 3 N–H and O–H groups in total. The smallest absolute Gasteiger partial charge is 0.478 e. The lowest BCUT2D eigenvalue weighted by atomic mass is 9.72. The zero-order chi connectivity index (χ0) is 14.5. The minimum Gasteiger partial charge on any atom is -0.481 e. The van der Waals surface area contributed by atoms with Gasteiger partial charge in [0.25, 0.3) is 0 Å². The normalized spacial score (nSPS) is 22.6. The van der Waals surface area contributed by atoms with E-state index in [0.29, 0.717) is 12.8 Å². The van der Waals surface area contributed by atoms with Crippen LogP contribution in [-0.2, 0) is 20.7 Å². The van der Waals surface area contributed by atoms with E-state index >= 15 is 0 Å². The van der Waals surface area contributed by atoms with Gasteiger partial charge in [0, 0.05) is 4.88 Å². The lowest BCUT2D eigenvalue weighted by Crippen LogP contribution is -2.53. The van der Waals surface area contributed by atoms with Crippen molar-refractivity contribution in [2.24, 2.45) is 0 Å². The van der Waals surface area contributed by atoms with Crippen molar-refractivity contribution < 1.29 is 24.4 Å². The molecule has 0 radical (unpaired) electrons. The molecule has 2 rings (SSSR count). The van der Waals surface area contributed by atoms with E-state index in [1.165, 1.54) is 11.3 Å². The van der Waals surface area contributed by atoms with Gasteiger partial charge in [-0.2, -0.15) is 0 Å². The van der Waals surface area contributed by atoms with Gasteiger partial charge in [0.1, 0.15) is 0 Å². The van der Waals surface area contributed by atoms with Crippen molar-refractivity contribution in [3.63, 3.8) is 0 Å². The molecule has 1 unspecified atom stereocenters. The van der Waals surface area contributed by atoms with Gasteiger partial charge in [-0.25, -0.2) is 0 Å². The molecule has 20 heavy (non-hydrogen) atoms. The summed E-state index contributed by atoms with van der Waals surface area (Å²) in [4.78, 5) is 23.4. The lowest BCUT2D eigenvalue weighted by molar-refractivity contribution is -0.139. The molecule has 0 aliphatic carbocycles. The van der Waals surface area contributed by atoms with Crippen molar-refractivity contribution >= 4 is 30.3 Å². The Labute approximate surface area is 120 Å². The van der Waals surface area contributed by atoms with Gasteiger partial charge in [-0.05, 0) is 24.3 Å². The van der Waals surface area contributed by atoms with Crippen LogP contribution in [0.15, 0.2) is 17.5 Å². The van der Waals surface area contributed by atoms with E-state index < -0.39 is 25.1 Å². The average molecular weight is 297 g/mol. The maximum Gasteiger partial charge on any atom is 0.478 e. The van der Waals surface area contributed by atoms with Crippen molar-refractivity contribution in [3.8, 4) is 0 Å². The molecule has 2 atom stereocenters. The van der Waals surface area contributed by atoms with Crippen molar-refractivity contribution in [3.05, 3.63) is 22.4 Å². The first-order valence-electron chi connectivity index (χ1n) is 6.41. The molecular weight excluding hydrogens is 281 g/mol. The van der Waals surface area contributed by atoms with Gasteiger partial charge in [0.05, 0.1) is 24.9 Å². The monoisotopic (exact) mass is 297 g/mol. The summed E-state index contributed by atoms with van der Waals surface area (Å²) < 4.78 is 5.21. The summed E-state index contributed by atoms with van der Waals surface area (Å²) in [5, 5.41) is 23.1. The number of hydrogen-bond donors (Lipinski definition) is 3. The number of carboxylic acid groups (broad SMARTS) is 1. The second-order valence-corrected chi connectivity index (χ2v) is 5.79. The van der Waals surface area contributed by atoms with E-state index in [4.69, 9.17) is 9.76 Å². The van der Waals surface area contributed by atoms with Crippen LogP contribution in [0, 0.1) is 0 Å². The standard InChI is InChI=1S/C12H16BNO5S/c15-11(7-9-2-1-5-20-9)14-10-4-3-8(6-12(16)17)19-13(10)18/h1-2,5,8,10,18H,3-4,6-7H2,(H,14,15)(H,16,17)/t8-,10?/m0/s1. The van der Waals surface area contributed by atoms with Crippen LogP contribution in [-0.4, -0.2) is 41.2 Å². The predicted octanol–water partition coefficient (Wildman–Crippen LogP) is 0.449. The Morgan fingerprint density at radius 2 is 2.30 bits per heavy atom. The third-order valence-corrected chi connectivity index (χ3v) is 4.02. The highest BCUT2D eigenvalue weighted by Crippen LogP contribution is 2.19. The van der Waals surface area contributed by atoms with Crippen LogP contribution in [0.2, 0.25) is 0 Å². The van der Waals surface area contributed by atoms with Gasteiger partial charge in [-0.1, -0.05) is 6.07 Å². The molecule has 0 aromatic carbocycles. The first-order chi connectivity index (χ1) is 9.54. The molecule has 8 heteroatoms. The van der Waals surface area contributed by atoms with Gasteiger partial charge in [0.15, 0.2) is 0 Å². The fraction of sp³-hybridized carbons (Fsp3) is 0.500. The van der Waals surface area contributed by atoms with Crippen LogP contribution < -0.4 is 5.32 Å². The Morgan fingerprint density at radius 1 is 1.50 bits per heavy atom. The molecule has 1 aromatic rings. The molecule has 6 nitrogen and oxygen atoms in total. The Bertz CT molecular complexity index is 466. The molecule has 0 spiro atoms. The topological polar surface area (TPSA) is 95.9 Å². The van der Waals surface area contributed by atoms with Crippen molar-refractivity contribution in [2.45, 2.75) is 37.7 Å². The second-order valence-electron chi connectivity index (χ2n) is 4.75. The highest BCUT2D eigenvalue weighted by atomic mass is 32.1. The predicted molar refractivity (Wildman–Crippen MR) is 74.3 cm³/mol. The van der Waals surface area contributed by atoms with Gasteiger partial charge >= 0.3 is 13.1 Å². The van der Waals surface area contributed by atoms with Crippen LogP contribution >= 0.6 is 11.3 Å². The maximum atomic E-state index is 11.8. The van der Waals surface area contributed by atoms with Crippen molar-refractivity contribution in [2.75, 3.05) is 0 Å². The van der Waals surface area contributed by atoms with Crippen LogP contribution in [0.5, 0.6) is 0 Å². The second kappa shape index (κ2) is 6.87. The summed E-state index contributed by atoms with van der Waals surface area (Å²) in [6, 6.07) is 3.75. The number of thiophene rings is 1. The number of amides is 1. The molecule has 1 fully saturated rings. The number of carbonyl (C=O) groups is 2. The van der Waals surface area contributed by atoms with E-state index in [-0.39, 0.29) is 18.7 Å². The summed E-state index contributed by atoms with van der Waals surface area (Å²) in [6.45, 7) is 0. The molecule has 0 saturated carbocycles. The van der Waals surface area contributed by atoms with Crippen LogP contribution in [0.4, 0.5) is 0 Å². The minimum absolute atomic E-state index is 0.132. The van der Waals surface area contributed by atoms with E-state index in [1.54, 1.807) is 0 Å². The number of carboxylic acids is 1.